The minimum Gasteiger partial charge on any atom is -0.334 e. The fraction of sp³-hybridized carbons (Fsp3) is 0.524. The quantitative estimate of drug-likeness (QED) is 0.847. The van der Waals surface area contributed by atoms with Crippen molar-refractivity contribution in [2.75, 3.05) is 20.6 Å². The molecular formula is C21H31N5O. The van der Waals surface area contributed by atoms with E-state index in [4.69, 9.17) is 0 Å². The van der Waals surface area contributed by atoms with E-state index in [0.29, 0.717) is 6.54 Å². The molecule has 0 saturated carbocycles. The Labute approximate surface area is 161 Å². The molecular weight excluding hydrogens is 338 g/mol. The van der Waals surface area contributed by atoms with Crippen molar-refractivity contribution in [3.05, 3.63) is 52.3 Å². The van der Waals surface area contributed by atoms with E-state index < -0.39 is 0 Å². The Morgan fingerprint density at radius 1 is 1.26 bits per heavy atom. The Kier molecular flexibility index (Phi) is 6.16. The Morgan fingerprint density at radius 2 is 2.00 bits per heavy atom. The SMILES string of the molecule is Cc1n[nH]c(C)c1CNC(=O)N1CCCCC1c1ccc(CN(C)C)cc1. The van der Waals surface area contributed by atoms with Gasteiger partial charge in [0, 0.05) is 30.9 Å². The first-order valence-electron chi connectivity index (χ1n) is 9.74. The maximum Gasteiger partial charge on any atom is 0.318 e. The van der Waals surface area contributed by atoms with Gasteiger partial charge in [0.2, 0.25) is 0 Å². The van der Waals surface area contributed by atoms with Gasteiger partial charge in [-0.15, -0.1) is 0 Å². The van der Waals surface area contributed by atoms with Crippen LogP contribution in [0.3, 0.4) is 0 Å². The second-order valence-electron chi connectivity index (χ2n) is 7.76. The highest BCUT2D eigenvalue weighted by molar-refractivity contribution is 5.75. The molecule has 0 aliphatic carbocycles. The van der Waals surface area contributed by atoms with Crippen molar-refractivity contribution >= 4 is 6.03 Å². The molecule has 146 valence electrons. The number of benzene rings is 1. The van der Waals surface area contributed by atoms with Crippen LogP contribution in [0.2, 0.25) is 0 Å². The number of aromatic nitrogens is 2. The summed E-state index contributed by atoms with van der Waals surface area (Å²) in [5.41, 5.74) is 5.55. The monoisotopic (exact) mass is 369 g/mol. The lowest BCUT2D eigenvalue weighted by Crippen LogP contribution is -2.44. The predicted octanol–water partition coefficient (Wildman–Crippen LogP) is 3.52. The lowest BCUT2D eigenvalue weighted by atomic mass is 9.95. The topological polar surface area (TPSA) is 64.3 Å². The molecule has 6 heteroatoms. The van der Waals surface area contributed by atoms with Crippen LogP contribution in [0, 0.1) is 13.8 Å². The molecule has 0 radical (unpaired) electrons. The number of nitrogens with zero attached hydrogens (tertiary/aromatic N) is 3. The Balaban J connectivity index is 1.68. The molecule has 1 aromatic carbocycles. The van der Waals surface area contributed by atoms with Crippen molar-refractivity contribution in [1.82, 2.24) is 25.3 Å². The summed E-state index contributed by atoms with van der Waals surface area (Å²) in [6.07, 6.45) is 3.24. The molecule has 2 heterocycles. The van der Waals surface area contributed by atoms with Gasteiger partial charge in [0.05, 0.1) is 11.7 Å². The van der Waals surface area contributed by atoms with Gasteiger partial charge in [0.1, 0.15) is 0 Å². The Hall–Kier alpha value is -2.34. The highest BCUT2D eigenvalue weighted by Crippen LogP contribution is 2.31. The van der Waals surface area contributed by atoms with Crippen molar-refractivity contribution in [1.29, 1.82) is 0 Å². The van der Waals surface area contributed by atoms with Crippen LogP contribution in [-0.4, -0.2) is 46.7 Å². The molecule has 1 unspecified atom stereocenters. The van der Waals surface area contributed by atoms with Gasteiger partial charge < -0.3 is 15.1 Å². The maximum atomic E-state index is 12.9. The van der Waals surface area contributed by atoms with Gasteiger partial charge in [-0.2, -0.15) is 5.10 Å². The fourth-order valence-corrected chi connectivity index (χ4v) is 3.83. The van der Waals surface area contributed by atoms with Crippen LogP contribution < -0.4 is 5.32 Å². The normalized spacial score (nSPS) is 17.4. The number of amides is 2. The second kappa shape index (κ2) is 8.57. The Morgan fingerprint density at radius 3 is 2.63 bits per heavy atom. The fourth-order valence-electron chi connectivity index (χ4n) is 3.83. The van der Waals surface area contributed by atoms with Crippen molar-refractivity contribution in [2.45, 2.75) is 52.2 Å². The van der Waals surface area contributed by atoms with Gasteiger partial charge in [-0.25, -0.2) is 4.79 Å². The number of rotatable bonds is 5. The van der Waals surface area contributed by atoms with Crippen molar-refractivity contribution < 1.29 is 4.79 Å². The third-order valence-corrected chi connectivity index (χ3v) is 5.32. The molecule has 2 N–H and O–H groups in total. The zero-order chi connectivity index (χ0) is 19.4. The van der Waals surface area contributed by atoms with Gasteiger partial charge in [0.25, 0.3) is 0 Å². The van der Waals surface area contributed by atoms with Crippen LogP contribution >= 0.6 is 0 Å². The van der Waals surface area contributed by atoms with Crippen LogP contribution in [0.25, 0.3) is 0 Å². The number of aromatic amines is 1. The number of nitrogens with one attached hydrogen (secondary N) is 2. The van der Waals surface area contributed by atoms with Crippen LogP contribution in [0.4, 0.5) is 4.79 Å². The molecule has 1 aliphatic rings. The van der Waals surface area contributed by atoms with Crippen LogP contribution in [-0.2, 0) is 13.1 Å². The molecule has 3 rings (SSSR count). The lowest BCUT2D eigenvalue weighted by Gasteiger charge is -2.36. The maximum absolute atomic E-state index is 12.9. The third-order valence-electron chi connectivity index (χ3n) is 5.32. The summed E-state index contributed by atoms with van der Waals surface area (Å²) >= 11 is 0. The van der Waals surface area contributed by atoms with Crippen LogP contribution in [0.1, 0.15) is 53.4 Å². The first-order valence-corrected chi connectivity index (χ1v) is 9.74. The number of hydrogen-bond acceptors (Lipinski definition) is 3. The van der Waals surface area contributed by atoms with Crippen molar-refractivity contribution in [3.63, 3.8) is 0 Å². The second-order valence-corrected chi connectivity index (χ2v) is 7.76. The average molecular weight is 370 g/mol. The number of H-pyrrole nitrogens is 1. The van der Waals surface area contributed by atoms with E-state index in [0.717, 1.165) is 49.3 Å². The summed E-state index contributed by atoms with van der Waals surface area (Å²) < 4.78 is 0. The van der Waals surface area contributed by atoms with E-state index in [2.05, 4.69) is 58.8 Å². The van der Waals surface area contributed by atoms with E-state index >= 15 is 0 Å². The van der Waals surface area contributed by atoms with E-state index in [1.807, 2.05) is 18.7 Å². The molecule has 1 fully saturated rings. The minimum atomic E-state index is 0.0112. The van der Waals surface area contributed by atoms with Crippen LogP contribution in [0.5, 0.6) is 0 Å². The minimum absolute atomic E-state index is 0.0112. The third kappa shape index (κ3) is 4.69. The summed E-state index contributed by atoms with van der Waals surface area (Å²) in [6, 6.07) is 8.88. The summed E-state index contributed by atoms with van der Waals surface area (Å²) in [6.45, 7) is 6.19. The number of urea groups is 1. The number of carbonyl (C=O) groups excluding carboxylic acids is 1. The van der Waals surface area contributed by atoms with Gasteiger partial charge >= 0.3 is 6.03 Å². The van der Waals surface area contributed by atoms with E-state index in [9.17, 15) is 4.79 Å². The predicted molar refractivity (Wildman–Crippen MR) is 107 cm³/mol. The van der Waals surface area contributed by atoms with E-state index in [1.54, 1.807) is 0 Å². The van der Waals surface area contributed by atoms with E-state index in [1.165, 1.54) is 11.1 Å². The molecule has 2 aromatic rings. The number of aryl methyl sites for hydroxylation is 2. The number of piperidine rings is 1. The van der Waals surface area contributed by atoms with Crippen LogP contribution in [0.15, 0.2) is 24.3 Å². The Bertz CT molecular complexity index is 746. The molecule has 1 saturated heterocycles. The standard InChI is InChI=1S/C21H31N5O/c1-15-19(16(2)24-23-15)13-22-21(27)26-12-6-5-7-20(26)18-10-8-17(9-11-18)14-25(3)4/h8-11,20H,5-7,12-14H2,1-4H3,(H,22,27)(H,23,24). The summed E-state index contributed by atoms with van der Waals surface area (Å²) in [7, 11) is 4.15. The molecule has 1 aromatic heterocycles. The zero-order valence-corrected chi connectivity index (χ0v) is 16.9. The van der Waals surface area contributed by atoms with E-state index in [-0.39, 0.29) is 12.1 Å². The van der Waals surface area contributed by atoms with Crippen molar-refractivity contribution in [2.24, 2.45) is 0 Å². The number of hydrogen-bond donors (Lipinski definition) is 2. The molecule has 6 nitrogen and oxygen atoms in total. The van der Waals surface area contributed by atoms with Gasteiger partial charge in [-0.1, -0.05) is 24.3 Å². The smallest absolute Gasteiger partial charge is 0.318 e. The average Bonchev–Trinajstić information content (AvgIpc) is 2.98. The van der Waals surface area contributed by atoms with Crippen molar-refractivity contribution in [3.8, 4) is 0 Å². The summed E-state index contributed by atoms with van der Waals surface area (Å²) in [5, 5.41) is 10.3. The number of carbonyl (C=O) groups is 1. The van der Waals surface area contributed by atoms with Gasteiger partial charge in [-0.3, -0.25) is 5.10 Å². The number of likely N-dealkylation sites (tertiary alicyclic amines) is 1. The largest absolute Gasteiger partial charge is 0.334 e. The first kappa shape index (κ1) is 19.4. The lowest BCUT2D eigenvalue weighted by molar-refractivity contribution is 0.151. The van der Waals surface area contributed by atoms with Gasteiger partial charge in [0.15, 0.2) is 0 Å². The van der Waals surface area contributed by atoms with Gasteiger partial charge in [-0.05, 0) is 58.3 Å². The summed E-state index contributed by atoms with van der Waals surface area (Å²) in [4.78, 5) is 17.0. The molecule has 0 spiro atoms. The summed E-state index contributed by atoms with van der Waals surface area (Å²) in [5.74, 6) is 0. The highest BCUT2D eigenvalue weighted by atomic mass is 16.2. The zero-order valence-electron chi connectivity index (χ0n) is 16.9. The molecule has 1 atom stereocenters. The molecule has 1 aliphatic heterocycles. The molecule has 2 amide bonds. The molecule has 27 heavy (non-hydrogen) atoms. The highest BCUT2D eigenvalue weighted by Gasteiger charge is 2.28. The molecule has 0 bridgehead atoms. The first-order chi connectivity index (χ1) is 13.0.